The molecule has 0 aromatic heterocycles. The van der Waals surface area contributed by atoms with Gasteiger partial charge in [-0.1, -0.05) is 76.6 Å². The number of hydrogen-bond donors (Lipinski definition) is 1. The molecule has 2 amide bonds. The van der Waals surface area contributed by atoms with Crippen LogP contribution in [-0.4, -0.2) is 78.4 Å². The highest BCUT2D eigenvalue weighted by atomic mass is 35.5. The number of nitrogens with zero attached hydrogens (tertiary/aromatic N) is 3. The van der Waals surface area contributed by atoms with Crippen LogP contribution >= 0.6 is 11.6 Å². The van der Waals surface area contributed by atoms with Crippen molar-refractivity contribution >= 4 is 23.4 Å². The number of piperazine rings is 1. The van der Waals surface area contributed by atoms with Crippen molar-refractivity contribution in [2.24, 2.45) is 5.41 Å². The summed E-state index contributed by atoms with van der Waals surface area (Å²) in [5.74, 6) is -0.390. The highest BCUT2D eigenvalue weighted by molar-refractivity contribution is 6.30. The molecule has 2 aromatic rings. The summed E-state index contributed by atoms with van der Waals surface area (Å²) in [5, 5.41) is 3.53. The van der Waals surface area contributed by atoms with Gasteiger partial charge >= 0.3 is 6.18 Å². The lowest BCUT2D eigenvalue weighted by Gasteiger charge is -2.42. The van der Waals surface area contributed by atoms with Crippen LogP contribution < -0.4 is 5.32 Å². The average Bonchev–Trinajstić information content (AvgIpc) is 2.93. The van der Waals surface area contributed by atoms with E-state index in [2.05, 4.69) is 15.1 Å². The summed E-state index contributed by atoms with van der Waals surface area (Å²) < 4.78 is 42.0. The number of amides is 2. The molecule has 6 nitrogen and oxygen atoms in total. The maximum absolute atomic E-state index is 14.0. The molecule has 1 aliphatic rings. The highest BCUT2D eigenvalue weighted by Gasteiger charge is 2.38. The van der Waals surface area contributed by atoms with Gasteiger partial charge in [0.15, 0.2) is 0 Å². The maximum Gasteiger partial charge on any atom is 0.416 e. The van der Waals surface area contributed by atoms with E-state index < -0.39 is 23.8 Å². The molecule has 232 valence electrons. The van der Waals surface area contributed by atoms with Crippen molar-refractivity contribution in [2.45, 2.75) is 65.7 Å². The quantitative estimate of drug-likeness (QED) is 0.338. The Labute approximate surface area is 253 Å². The molecule has 2 atom stereocenters. The molecule has 1 fully saturated rings. The van der Waals surface area contributed by atoms with E-state index in [0.717, 1.165) is 24.7 Å². The number of rotatable bonds is 11. The molecule has 3 rings (SSSR count). The van der Waals surface area contributed by atoms with E-state index in [1.807, 2.05) is 46.8 Å². The van der Waals surface area contributed by atoms with Gasteiger partial charge in [0.05, 0.1) is 5.56 Å². The van der Waals surface area contributed by atoms with Crippen molar-refractivity contribution in [1.82, 2.24) is 20.0 Å². The third kappa shape index (κ3) is 9.71. The standard InChI is InChI=1S/C32H44ClF3N4O2/c1-6-38(7-2)22-28(25-10-8-9-11-26(25)32(34,35)36)39-16-18-40(19-17-39)30(42)27(37-29(41)21-31(3,4)5)20-23-12-14-24(33)15-13-23/h8-15,27-28H,6-7,16-22H2,1-5H3,(H,37,41)/t27-,28?/m1/s1. The van der Waals surface area contributed by atoms with Gasteiger partial charge in [0.25, 0.3) is 0 Å². The molecule has 1 saturated heterocycles. The summed E-state index contributed by atoms with van der Waals surface area (Å²) in [4.78, 5) is 32.5. The third-order valence-electron chi connectivity index (χ3n) is 7.69. The van der Waals surface area contributed by atoms with Crippen LogP contribution in [0.25, 0.3) is 0 Å². The van der Waals surface area contributed by atoms with Crippen LogP contribution in [-0.2, 0) is 22.2 Å². The van der Waals surface area contributed by atoms with Crippen molar-refractivity contribution < 1.29 is 22.8 Å². The zero-order chi connectivity index (χ0) is 31.1. The van der Waals surface area contributed by atoms with E-state index in [0.29, 0.717) is 44.2 Å². The Morgan fingerprint density at radius 3 is 2.10 bits per heavy atom. The van der Waals surface area contributed by atoms with Gasteiger partial charge in [0.2, 0.25) is 11.8 Å². The normalized spacial score (nSPS) is 16.4. The Balaban J connectivity index is 1.80. The Morgan fingerprint density at radius 2 is 1.55 bits per heavy atom. The fourth-order valence-electron chi connectivity index (χ4n) is 5.44. The molecule has 1 heterocycles. The first kappa shape index (κ1) is 33.9. The van der Waals surface area contributed by atoms with E-state index in [9.17, 15) is 22.8 Å². The summed E-state index contributed by atoms with van der Waals surface area (Å²) >= 11 is 6.04. The van der Waals surface area contributed by atoms with E-state index in [-0.39, 0.29) is 29.2 Å². The zero-order valence-corrected chi connectivity index (χ0v) is 26.1. The Bertz CT molecular complexity index is 1170. The van der Waals surface area contributed by atoms with Gasteiger partial charge in [-0.05, 0) is 47.8 Å². The monoisotopic (exact) mass is 608 g/mol. The number of carbonyl (C=O) groups is 2. The summed E-state index contributed by atoms with van der Waals surface area (Å²) in [5.41, 5.74) is 0.267. The molecule has 1 N–H and O–H groups in total. The van der Waals surface area contributed by atoms with Gasteiger partial charge in [-0.2, -0.15) is 13.2 Å². The molecular formula is C32H44ClF3N4O2. The second-order valence-corrected chi connectivity index (χ2v) is 12.6. The molecule has 0 bridgehead atoms. The first-order chi connectivity index (χ1) is 19.7. The number of carbonyl (C=O) groups excluding carboxylic acids is 2. The SMILES string of the molecule is CCN(CC)CC(c1ccccc1C(F)(F)F)N1CCN(C(=O)[C@@H](Cc2ccc(Cl)cc2)NC(=O)CC(C)(C)C)CC1. The summed E-state index contributed by atoms with van der Waals surface area (Å²) in [6, 6.07) is 11.7. The minimum absolute atomic E-state index is 0.192. The number of benzene rings is 2. The van der Waals surface area contributed by atoms with E-state index in [4.69, 9.17) is 11.6 Å². The molecular weight excluding hydrogens is 565 g/mol. The Kier molecular flexibility index (Phi) is 11.9. The first-order valence-electron chi connectivity index (χ1n) is 14.7. The molecule has 0 saturated carbocycles. The molecule has 1 unspecified atom stereocenters. The van der Waals surface area contributed by atoms with E-state index in [1.54, 1.807) is 29.2 Å². The molecule has 10 heteroatoms. The number of hydrogen-bond acceptors (Lipinski definition) is 4. The lowest BCUT2D eigenvalue weighted by molar-refractivity contribution is -0.139. The lowest BCUT2D eigenvalue weighted by atomic mass is 9.91. The number of alkyl halides is 3. The summed E-state index contributed by atoms with van der Waals surface area (Å²) in [7, 11) is 0. The van der Waals surface area contributed by atoms with E-state index in [1.165, 1.54) is 6.07 Å². The van der Waals surface area contributed by atoms with Crippen molar-refractivity contribution in [2.75, 3.05) is 45.8 Å². The van der Waals surface area contributed by atoms with Crippen LogP contribution in [0.5, 0.6) is 0 Å². The number of likely N-dealkylation sites (N-methyl/N-ethyl adjacent to an activating group) is 1. The Morgan fingerprint density at radius 1 is 0.952 bits per heavy atom. The third-order valence-corrected chi connectivity index (χ3v) is 7.95. The topological polar surface area (TPSA) is 55.9 Å². The molecule has 0 aliphatic carbocycles. The van der Waals surface area contributed by atoms with Gasteiger partial charge in [-0.15, -0.1) is 0 Å². The van der Waals surface area contributed by atoms with Crippen LogP contribution in [0.15, 0.2) is 48.5 Å². The highest BCUT2D eigenvalue weighted by Crippen LogP contribution is 2.37. The molecule has 0 spiro atoms. The first-order valence-corrected chi connectivity index (χ1v) is 15.0. The fraction of sp³-hybridized carbons (Fsp3) is 0.562. The predicted octanol–water partition coefficient (Wildman–Crippen LogP) is 6.05. The molecule has 0 radical (unpaired) electrons. The molecule has 42 heavy (non-hydrogen) atoms. The maximum atomic E-state index is 14.0. The van der Waals surface area contributed by atoms with Gasteiger partial charge in [-0.25, -0.2) is 0 Å². The van der Waals surface area contributed by atoms with Crippen molar-refractivity contribution in [3.05, 3.63) is 70.2 Å². The van der Waals surface area contributed by atoms with Crippen molar-refractivity contribution in [3.8, 4) is 0 Å². The fourth-order valence-corrected chi connectivity index (χ4v) is 5.57. The second-order valence-electron chi connectivity index (χ2n) is 12.1. The minimum Gasteiger partial charge on any atom is -0.344 e. The van der Waals surface area contributed by atoms with Crippen LogP contribution in [0.4, 0.5) is 13.2 Å². The lowest BCUT2D eigenvalue weighted by Crippen LogP contribution is -2.56. The van der Waals surface area contributed by atoms with Crippen LogP contribution in [0.3, 0.4) is 0 Å². The van der Waals surface area contributed by atoms with Crippen molar-refractivity contribution in [1.29, 1.82) is 0 Å². The second kappa shape index (κ2) is 14.7. The summed E-state index contributed by atoms with van der Waals surface area (Å²) in [6.45, 7) is 13.4. The minimum atomic E-state index is -4.46. The van der Waals surface area contributed by atoms with Crippen molar-refractivity contribution in [3.63, 3.8) is 0 Å². The molecule has 2 aromatic carbocycles. The average molecular weight is 609 g/mol. The number of nitrogens with one attached hydrogen (secondary N) is 1. The van der Waals surface area contributed by atoms with Crippen LogP contribution in [0.2, 0.25) is 5.02 Å². The van der Waals surface area contributed by atoms with Gasteiger partial charge < -0.3 is 15.1 Å². The zero-order valence-electron chi connectivity index (χ0n) is 25.3. The van der Waals surface area contributed by atoms with Gasteiger partial charge in [0.1, 0.15) is 6.04 Å². The smallest absolute Gasteiger partial charge is 0.344 e. The largest absolute Gasteiger partial charge is 0.416 e. The van der Waals surface area contributed by atoms with Crippen LogP contribution in [0.1, 0.15) is 63.8 Å². The van der Waals surface area contributed by atoms with E-state index >= 15 is 0 Å². The van der Waals surface area contributed by atoms with Gasteiger partial charge in [0, 0.05) is 56.6 Å². The number of halogens is 4. The summed E-state index contributed by atoms with van der Waals surface area (Å²) in [6.07, 6.45) is -3.87. The molecule has 1 aliphatic heterocycles. The van der Waals surface area contributed by atoms with Crippen LogP contribution in [0, 0.1) is 5.41 Å². The Hall–Kier alpha value is -2.62. The predicted molar refractivity (Wildman–Crippen MR) is 161 cm³/mol. The van der Waals surface area contributed by atoms with Gasteiger partial charge in [-0.3, -0.25) is 14.5 Å².